The van der Waals surface area contributed by atoms with E-state index in [-0.39, 0.29) is 6.42 Å². The summed E-state index contributed by atoms with van der Waals surface area (Å²) in [5.41, 5.74) is 3.93. The highest BCUT2D eigenvalue weighted by molar-refractivity contribution is 6.30. The third-order valence-electron chi connectivity index (χ3n) is 3.62. The molecule has 2 aromatic rings. The number of carboxylic acids is 1. The Morgan fingerprint density at radius 1 is 1.23 bits per heavy atom. The minimum Gasteiger partial charge on any atom is -0.478 e. The van der Waals surface area contributed by atoms with Gasteiger partial charge in [-0.25, -0.2) is 4.79 Å². The van der Waals surface area contributed by atoms with Gasteiger partial charge in [0.25, 0.3) is 0 Å². The fourth-order valence-corrected chi connectivity index (χ4v) is 2.55. The predicted molar refractivity (Wildman–Crippen MR) is 87.9 cm³/mol. The Hall–Kier alpha value is -2.00. The molecule has 1 atom stereocenters. The maximum Gasteiger partial charge on any atom is 0.345 e. The van der Waals surface area contributed by atoms with Crippen molar-refractivity contribution in [1.82, 2.24) is 0 Å². The van der Waals surface area contributed by atoms with Gasteiger partial charge < -0.3 is 9.84 Å². The van der Waals surface area contributed by atoms with Gasteiger partial charge in [0.15, 0.2) is 6.10 Å². The molecule has 0 fully saturated rings. The molecule has 0 aliphatic heterocycles. The minimum absolute atomic E-state index is 0.266. The molecule has 0 spiro atoms. The van der Waals surface area contributed by atoms with Gasteiger partial charge in [-0.3, -0.25) is 0 Å². The summed E-state index contributed by atoms with van der Waals surface area (Å²) in [5.74, 6) is -0.370. The molecule has 0 bridgehead atoms. The first-order valence-electron chi connectivity index (χ1n) is 7.08. The largest absolute Gasteiger partial charge is 0.478 e. The molecule has 0 heterocycles. The number of hydrogen-bond donors (Lipinski definition) is 1. The summed E-state index contributed by atoms with van der Waals surface area (Å²) >= 11 is 5.95. The average molecular weight is 319 g/mol. The lowest BCUT2D eigenvalue weighted by molar-refractivity contribution is -0.145. The van der Waals surface area contributed by atoms with Crippen LogP contribution < -0.4 is 4.74 Å². The van der Waals surface area contributed by atoms with Gasteiger partial charge in [-0.15, -0.1) is 0 Å². The van der Waals surface area contributed by atoms with E-state index in [4.69, 9.17) is 16.3 Å². The van der Waals surface area contributed by atoms with Crippen molar-refractivity contribution in [2.24, 2.45) is 0 Å². The number of ether oxygens (including phenoxy) is 1. The lowest BCUT2D eigenvalue weighted by Gasteiger charge is -2.18. The zero-order valence-electron chi connectivity index (χ0n) is 12.9. The van der Waals surface area contributed by atoms with Gasteiger partial charge in [0.05, 0.1) is 0 Å². The molecule has 3 nitrogen and oxygen atoms in total. The minimum atomic E-state index is -0.987. The van der Waals surface area contributed by atoms with E-state index >= 15 is 0 Å². The fraction of sp³-hybridized carbons (Fsp3) is 0.278. The van der Waals surface area contributed by atoms with E-state index in [1.807, 2.05) is 32.9 Å². The molecule has 1 N–H and O–H groups in total. The van der Waals surface area contributed by atoms with Crippen LogP contribution in [0.3, 0.4) is 0 Å². The molecule has 0 aromatic heterocycles. The molecule has 0 amide bonds. The average Bonchev–Trinajstić information content (AvgIpc) is 2.43. The van der Waals surface area contributed by atoms with E-state index < -0.39 is 12.1 Å². The molecule has 116 valence electrons. The van der Waals surface area contributed by atoms with Crippen LogP contribution in [-0.2, 0) is 11.2 Å². The Labute approximate surface area is 135 Å². The molecule has 0 radical (unpaired) electrons. The summed E-state index contributed by atoms with van der Waals surface area (Å²) in [6.45, 7) is 5.89. The first kappa shape index (κ1) is 16.4. The van der Waals surface area contributed by atoms with Crippen molar-refractivity contribution in [1.29, 1.82) is 0 Å². The highest BCUT2D eigenvalue weighted by atomic mass is 35.5. The second-order valence-electron chi connectivity index (χ2n) is 5.48. The Balaban J connectivity index is 2.25. The number of carboxylic acid groups (broad SMARTS) is 1. The molecule has 22 heavy (non-hydrogen) atoms. The Morgan fingerprint density at radius 3 is 2.59 bits per heavy atom. The van der Waals surface area contributed by atoms with Crippen molar-refractivity contribution in [3.05, 3.63) is 63.7 Å². The van der Waals surface area contributed by atoms with Crippen LogP contribution in [-0.4, -0.2) is 17.2 Å². The van der Waals surface area contributed by atoms with Crippen LogP contribution in [0.5, 0.6) is 5.75 Å². The molecule has 0 saturated heterocycles. The predicted octanol–water partition coefficient (Wildman–Crippen LogP) is 4.34. The van der Waals surface area contributed by atoms with E-state index in [2.05, 4.69) is 6.07 Å². The molecular weight excluding hydrogens is 300 g/mol. The molecule has 4 heteroatoms. The van der Waals surface area contributed by atoms with Crippen molar-refractivity contribution in [2.45, 2.75) is 33.3 Å². The van der Waals surface area contributed by atoms with Gasteiger partial charge in [-0.1, -0.05) is 29.8 Å². The fourth-order valence-electron chi connectivity index (χ4n) is 2.33. The first-order chi connectivity index (χ1) is 10.4. The van der Waals surface area contributed by atoms with Gasteiger partial charge >= 0.3 is 5.97 Å². The molecule has 2 rings (SSSR count). The molecule has 2 aromatic carbocycles. The first-order valence-corrected chi connectivity index (χ1v) is 7.46. The number of aryl methyl sites for hydroxylation is 2. The number of rotatable bonds is 5. The second kappa shape index (κ2) is 6.84. The summed E-state index contributed by atoms with van der Waals surface area (Å²) in [5, 5.41) is 10.0. The highest BCUT2D eigenvalue weighted by Gasteiger charge is 2.21. The van der Waals surface area contributed by atoms with Crippen molar-refractivity contribution < 1.29 is 14.6 Å². The molecule has 0 unspecified atom stereocenters. The van der Waals surface area contributed by atoms with Crippen LogP contribution in [0.1, 0.15) is 22.3 Å². The second-order valence-corrected chi connectivity index (χ2v) is 5.92. The van der Waals surface area contributed by atoms with Gasteiger partial charge in [0, 0.05) is 11.4 Å². The summed E-state index contributed by atoms with van der Waals surface area (Å²) in [6, 6.07) is 11.1. The van der Waals surface area contributed by atoms with Gasteiger partial charge in [-0.05, 0) is 61.2 Å². The molecule has 0 aliphatic rings. The van der Waals surface area contributed by atoms with Crippen LogP contribution >= 0.6 is 11.6 Å². The van der Waals surface area contributed by atoms with Crippen molar-refractivity contribution in [3.63, 3.8) is 0 Å². The standard InChI is InChI=1S/C18H19ClO3/c1-11-7-12(2)13(3)16(8-11)22-17(18(20)21)10-14-5-4-6-15(19)9-14/h4-9,17H,10H2,1-3H3,(H,20,21)/t17-/m0/s1. The van der Waals surface area contributed by atoms with E-state index in [0.29, 0.717) is 10.8 Å². The van der Waals surface area contributed by atoms with Crippen molar-refractivity contribution >= 4 is 17.6 Å². The van der Waals surface area contributed by atoms with Crippen LogP contribution in [0.4, 0.5) is 0 Å². The van der Waals surface area contributed by atoms with E-state index in [9.17, 15) is 9.90 Å². The third-order valence-corrected chi connectivity index (χ3v) is 3.85. The summed E-state index contributed by atoms with van der Waals surface area (Å²) < 4.78 is 5.77. The van der Waals surface area contributed by atoms with E-state index in [1.165, 1.54) is 0 Å². The maximum atomic E-state index is 11.5. The van der Waals surface area contributed by atoms with Crippen LogP contribution in [0.15, 0.2) is 36.4 Å². The van der Waals surface area contributed by atoms with Gasteiger partial charge in [0.1, 0.15) is 5.75 Å². The highest BCUT2D eigenvalue weighted by Crippen LogP contribution is 2.25. The summed E-state index contributed by atoms with van der Waals surface area (Å²) in [7, 11) is 0. The Bertz CT molecular complexity index is 695. The van der Waals surface area contributed by atoms with E-state index in [1.54, 1.807) is 18.2 Å². The smallest absolute Gasteiger partial charge is 0.345 e. The van der Waals surface area contributed by atoms with Gasteiger partial charge in [0.2, 0.25) is 0 Å². The quantitative estimate of drug-likeness (QED) is 0.892. The number of halogens is 1. The van der Waals surface area contributed by atoms with Crippen LogP contribution in [0, 0.1) is 20.8 Å². The van der Waals surface area contributed by atoms with Crippen molar-refractivity contribution in [3.8, 4) is 5.75 Å². The lowest BCUT2D eigenvalue weighted by atomic mass is 10.0. The Kier molecular flexibility index (Phi) is 5.09. The Morgan fingerprint density at radius 2 is 1.95 bits per heavy atom. The molecular formula is C18H19ClO3. The molecule has 0 aliphatic carbocycles. The lowest BCUT2D eigenvalue weighted by Crippen LogP contribution is -2.29. The van der Waals surface area contributed by atoms with Crippen molar-refractivity contribution in [2.75, 3.05) is 0 Å². The topological polar surface area (TPSA) is 46.5 Å². The zero-order valence-corrected chi connectivity index (χ0v) is 13.6. The number of hydrogen-bond acceptors (Lipinski definition) is 2. The normalized spacial score (nSPS) is 12.0. The number of aliphatic carboxylic acids is 1. The van der Waals surface area contributed by atoms with E-state index in [0.717, 1.165) is 22.3 Å². The SMILES string of the molecule is Cc1cc(C)c(C)c(O[C@@H](Cc2cccc(Cl)c2)C(=O)O)c1. The summed E-state index contributed by atoms with van der Waals surface area (Å²) in [4.78, 5) is 11.5. The maximum absolute atomic E-state index is 11.5. The monoisotopic (exact) mass is 318 g/mol. The third kappa shape index (κ3) is 4.01. The van der Waals surface area contributed by atoms with Crippen LogP contribution in [0.25, 0.3) is 0 Å². The number of carbonyl (C=O) groups is 1. The zero-order chi connectivity index (χ0) is 16.3. The number of benzene rings is 2. The van der Waals surface area contributed by atoms with Crippen LogP contribution in [0.2, 0.25) is 5.02 Å². The molecule has 0 saturated carbocycles. The van der Waals surface area contributed by atoms with Gasteiger partial charge in [-0.2, -0.15) is 0 Å². The summed E-state index contributed by atoms with van der Waals surface area (Å²) in [6.07, 6.45) is -0.680.